The molecule has 260 valence electrons. The maximum Gasteiger partial charge on any atom is 0.407 e. The highest BCUT2D eigenvalue weighted by Crippen LogP contribution is 2.67. The number of aliphatic hydroxyl groups is 1. The third-order valence-corrected chi connectivity index (χ3v) is 12.7. The molecule has 8 atom stereocenters. The molecule has 3 saturated carbocycles. The lowest BCUT2D eigenvalue weighted by atomic mass is 9.44. The monoisotopic (exact) mass is 670 g/mol. The minimum atomic E-state index is -0.752. The second-order valence-corrected chi connectivity index (χ2v) is 16.2. The molecule has 4 rings (SSSR count). The van der Waals surface area contributed by atoms with E-state index in [9.17, 15) is 24.3 Å². The van der Waals surface area contributed by atoms with E-state index >= 15 is 0 Å². The molecule has 1 aromatic rings. The molecular formula is C37H54N2O7S. The summed E-state index contributed by atoms with van der Waals surface area (Å²) < 4.78 is 11.8. The van der Waals surface area contributed by atoms with E-state index in [1.54, 1.807) is 32.1 Å². The number of carbonyl (C=O) groups is 4. The largest absolute Gasteiger partial charge is 0.461 e. The predicted octanol–water partition coefficient (Wildman–Crippen LogP) is 5.98. The van der Waals surface area contributed by atoms with E-state index in [0.29, 0.717) is 44.5 Å². The van der Waals surface area contributed by atoms with E-state index in [0.717, 1.165) is 30.4 Å². The number of benzene rings is 1. The Morgan fingerprint density at radius 3 is 2.51 bits per heavy atom. The number of aliphatic hydroxyl groups excluding tert-OH is 1. The number of rotatable bonds is 13. The Balaban J connectivity index is 1.51. The maximum atomic E-state index is 13.7. The van der Waals surface area contributed by atoms with E-state index in [-0.39, 0.29) is 40.7 Å². The normalized spacial score (nSPS) is 33.6. The standard InChI is InChI=1S/C37H54N2O7S/c1-8-34(4,5)46-33(44)39-19-9-18-38-23-35(6)20-29(45-30(42)22-47-27-12-10-26(21-40)11-13-27)36(7)24(2)14-16-37(25(3)32(35)43)17-15-28(41)31(36)37/h8,10-13,21,24-25,29,31-32,38,43H,1,9,14-20,22-23H2,2-7H3,(H,39,44)/t24-,25+,29-,31+,32+,35-,36+,37+/m1/s1. The second-order valence-electron chi connectivity index (χ2n) is 15.1. The molecule has 3 fully saturated rings. The zero-order valence-electron chi connectivity index (χ0n) is 28.9. The molecular weight excluding hydrogens is 616 g/mol. The zero-order chi connectivity index (χ0) is 34.6. The summed E-state index contributed by atoms with van der Waals surface area (Å²) in [6, 6.07) is 7.07. The molecule has 3 aliphatic carbocycles. The topological polar surface area (TPSA) is 131 Å². The van der Waals surface area contributed by atoms with E-state index in [4.69, 9.17) is 9.47 Å². The summed E-state index contributed by atoms with van der Waals surface area (Å²) in [7, 11) is 0. The van der Waals surface area contributed by atoms with Gasteiger partial charge < -0.3 is 25.2 Å². The molecule has 0 radical (unpaired) electrons. The SMILES string of the molecule is C=CC(C)(C)OC(=O)NCCCNC[C@@]1(C)C[C@@H](OC(=O)CSc2ccc(C=O)cc2)[C@]2(C)[C@H](C)CC[C@]3(CCC(=O)[C@H]32)[C@@H](C)[C@@H]1O. The number of alkyl carbamates (subject to hydrolysis) is 1. The van der Waals surface area contributed by atoms with Crippen LogP contribution in [0.5, 0.6) is 0 Å². The van der Waals surface area contributed by atoms with Crippen LogP contribution in [0.2, 0.25) is 0 Å². The van der Waals surface area contributed by atoms with Gasteiger partial charge in [0.05, 0.1) is 11.9 Å². The van der Waals surface area contributed by atoms with E-state index in [1.165, 1.54) is 11.8 Å². The lowest BCUT2D eigenvalue weighted by Gasteiger charge is -2.62. The van der Waals surface area contributed by atoms with Gasteiger partial charge in [-0.3, -0.25) is 14.4 Å². The van der Waals surface area contributed by atoms with Crippen molar-refractivity contribution in [2.45, 2.75) is 103 Å². The van der Waals surface area contributed by atoms with E-state index < -0.39 is 34.7 Å². The number of aldehydes is 1. The van der Waals surface area contributed by atoms with Crippen LogP contribution in [0.4, 0.5) is 4.79 Å². The Kier molecular flexibility index (Phi) is 11.7. The lowest BCUT2D eigenvalue weighted by Crippen LogP contribution is -2.64. The van der Waals surface area contributed by atoms with Crippen molar-refractivity contribution in [1.29, 1.82) is 0 Å². The Bertz CT molecular complexity index is 1320. The molecule has 3 aliphatic rings. The molecule has 47 heavy (non-hydrogen) atoms. The lowest BCUT2D eigenvalue weighted by molar-refractivity contribution is -0.210. The fourth-order valence-electron chi connectivity index (χ4n) is 8.60. The van der Waals surface area contributed by atoms with Gasteiger partial charge in [0, 0.05) is 46.7 Å². The number of ketones is 1. The molecule has 0 heterocycles. The number of hydrogen-bond acceptors (Lipinski definition) is 9. The van der Waals surface area contributed by atoms with Crippen LogP contribution in [0.3, 0.4) is 0 Å². The van der Waals surface area contributed by atoms with Gasteiger partial charge in [-0.2, -0.15) is 0 Å². The van der Waals surface area contributed by atoms with Gasteiger partial charge >= 0.3 is 12.1 Å². The first-order valence-corrected chi connectivity index (χ1v) is 18.0. The summed E-state index contributed by atoms with van der Waals surface area (Å²) in [6.45, 7) is 17.2. The molecule has 1 amide bonds. The van der Waals surface area contributed by atoms with Crippen LogP contribution < -0.4 is 10.6 Å². The van der Waals surface area contributed by atoms with Gasteiger partial charge in [0.2, 0.25) is 0 Å². The highest BCUT2D eigenvalue weighted by Gasteiger charge is 2.68. The molecule has 1 aromatic carbocycles. The molecule has 2 bridgehead atoms. The summed E-state index contributed by atoms with van der Waals surface area (Å²) in [5, 5.41) is 18.4. The van der Waals surface area contributed by atoms with Gasteiger partial charge in [0.15, 0.2) is 0 Å². The molecule has 0 unspecified atom stereocenters. The third kappa shape index (κ3) is 7.81. The van der Waals surface area contributed by atoms with Crippen molar-refractivity contribution in [3.05, 3.63) is 42.5 Å². The number of carbonyl (C=O) groups excluding carboxylic acids is 4. The van der Waals surface area contributed by atoms with E-state index in [1.807, 2.05) is 12.1 Å². The van der Waals surface area contributed by atoms with Crippen LogP contribution >= 0.6 is 11.8 Å². The third-order valence-electron chi connectivity index (χ3n) is 11.7. The van der Waals surface area contributed by atoms with Crippen molar-refractivity contribution in [2.24, 2.45) is 34.0 Å². The summed E-state index contributed by atoms with van der Waals surface area (Å²) in [4.78, 5) is 51.3. The Hall–Kier alpha value is -2.69. The van der Waals surface area contributed by atoms with Crippen molar-refractivity contribution in [2.75, 3.05) is 25.4 Å². The first kappa shape index (κ1) is 37.1. The van der Waals surface area contributed by atoms with Gasteiger partial charge in [-0.25, -0.2) is 4.79 Å². The first-order chi connectivity index (χ1) is 22.1. The Labute approximate surface area is 284 Å². The van der Waals surface area contributed by atoms with Crippen LogP contribution in [-0.2, 0) is 19.1 Å². The summed E-state index contributed by atoms with van der Waals surface area (Å²) in [5.74, 6) is -0.264. The number of esters is 1. The van der Waals surface area contributed by atoms with Crippen molar-refractivity contribution in [3.8, 4) is 0 Å². The molecule has 0 spiro atoms. The first-order valence-electron chi connectivity index (χ1n) is 17.0. The van der Waals surface area contributed by atoms with Crippen LogP contribution in [-0.4, -0.2) is 72.4 Å². The minimum Gasteiger partial charge on any atom is -0.461 e. The van der Waals surface area contributed by atoms with Crippen LogP contribution in [0.25, 0.3) is 0 Å². The van der Waals surface area contributed by atoms with Gasteiger partial charge in [-0.1, -0.05) is 46.4 Å². The van der Waals surface area contributed by atoms with Gasteiger partial charge in [0.25, 0.3) is 0 Å². The highest BCUT2D eigenvalue weighted by molar-refractivity contribution is 8.00. The number of thioether (sulfide) groups is 1. The molecule has 0 aliphatic heterocycles. The fraction of sp³-hybridized carbons (Fsp3) is 0.676. The number of nitrogens with one attached hydrogen (secondary N) is 2. The average Bonchev–Trinajstić information content (AvgIpc) is 3.40. The predicted molar refractivity (Wildman–Crippen MR) is 183 cm³/mol. The Morgan fingerprint density at radius 2 is 1.85 bits per heavy atom. The van der Waals surface area contributed by atoms with Crippen molar-refractivity contribution in [1.82, 2.24) is 10.6 Å². The summed E-state index contributed by atoms with van der Waals surface area (Å²) >= 11 is 1.35. The van der Waals surface area contributed by atoms with Crippen molar-refractivity contribution < 1.29 is 33.8 Å². The molecule has 3 N–H and O–H groups in total. The molecule has 0 aromatic heterocycles. The molecule has 0 saturated heterocycles. The second kappa shape index (κ2) is 14.8. The zero-order valence-corrected chi connectivity index (χ0v) is 29.8. The van der Waals surface area contributed by atoms with Crippen molar-refractivity contribution >= 4 is 35.9 Å². The fourth-order valence-corrected chi connectivity index (χ4v) is 9.28. The average molecular weight is 671 g/mol. The summed E-state index contributed by atoms with van der Waals surface area (Å²) in [6.07, 6.45) is 4.68. The van der Waals surface area contributed by atoms with Gasteiger partial charge in [0.1, 0.15) is 23.8 Å². The number of amides is 1. The number of ether oxygens (including phenoxy) is 2. The smallest absolute Gasteiger partial charge is 0.407 e. The number of Topliss-reactive ketones (excluding diaryl/α,β-unsaturated/α-hetero) is 1. The maximum absolute atomic E-state index is 13.7. The Morgan fingerprint density at radius 1 is 1.15 bits per heavy atom. The van der Waals surface area contributed by atoms with Gasteiger partial charge in [-0.05, 0) is 88.0 Å². The minimum absolute atomic E-state index is 0.0957. The van der Waals surface area contributed by atoms with E-state index in [2.05, 4.69) is 44.9 Å². The highest BCUT2D eigenvalue weighted by atomic mass is 32.2. The van der Waals surface area contributed by atoms with Crippen molar-refractivity contribution in [3.63, 3.8) is 0 Å². The quantitative estimate of drug-likeness (QED) is 0.0763. The summed E-state index contributed by atoms with van der Waals surface area (Å²) in [5.41, 5.74) is -1.75. The molecule has 9 nitrogen and oxygen atoms in total. The number of hydrogen-bond donors (Lipinski definition) is 3. The molecule has 10 heteroatoms. The van der Waals surface area contributed by atoms with Crippen LogP contribution in [0, 0.1) is 34.0 Å². The van der Waals surface area contributed by atoms with Crippen LogP contribution in [0.1, 0.15) is 90.4 Å². The van der Waals surface area contributed by atoms with Crippen LogP contribution in [0.15, 0.2) is 41.8 Å². The van der Waals surface area contributed by atoms with Gasteiger partial charge in [-0.15, -0.1) is 11.8 Å².